The molecule has 8 heteroatoms. The number of nitrogens with zero attached hydrogens (tertiary/aromatic N) is 2. The second kappa shape index (κ2) is 5.98. The molecular weight excluding hydrogens is 350 g/mol. The van der Waals surface area contributed by atoms with Crippen LogP contribution in [0, 0.1) is 23.3 Å². The van der Waals surface area contributed by atoms with E-state index < -0.39 is 35.1 Å². The minimum atomic E-state index is -0.974. The average Bonchev–Trinajstić information content (AvgIpc) is 3.00. The van der Waals surface area contributed by atoms with Crippen molar-refractivity contribution in [1.29, 1.82) is 0 Å². The number of fused-ring (bicyclic) bond motifs is 1. The van der Waals surface area contributed by atoms with Crippen molar-refractivity contribution in [2.24, 2.45) is 0 Å². The number of imidazole rings is 1. The van der Waals surface area contributed by atoms with Crippen molar-refractivity contribution >= 4 is 11.7 Å². The number of aromatic nitrogens is 2. The molecule has 1 atom stereocenters. The normalized spacial score (nSPS) is 16.3. The molecular formula is C18H11F4N3O. The first-order valence-electron chi connectivity index (χ1n) is 7.72. The summed E-state index contributed by atoms with van der Waals surface area (Å²) in [6.45, 7) is 0. The van der Waals surface area contributed by atoms with Gasteiger partial charge in [-0.3, -0.25) is 9.36 Å². The van der Waals surface area contributed by atoms with E-state index in [0.29, 0.717) is 0 Å². The molecule has 0 unspecified atom stereocenters. The number of amides is 1. The summed E-state index contributed by atoms with van der Waals surface area (Å²) in [4.78, 5) is 16.2. The van der Waals surface area contributed by atoms with Gasteiger partial charge in [0.25, 0.3) is 0 Å². The van der Waals surface area contributed by atoms with E-state index in [1.165, 1.54) is 12.4 Å². The highest BCUT2D eigenvalue weighted by Crippen LogP contribution is 2.39. The van der Waals surface area contributed by atoms with Crippen molar-refractivity contribution < 1.29 is 22.4 Å². The van der Waals surface area contributed by atoms with Gasteiger partial charge in [-0.05, 0) is 24.3 Å². The lowest BCUT2D eigenvalue weighted by molar-refractivity contribution is -0.116. The van der Waals surface area contributed by atoms with Crippen LogP contribution < -0.4 is 5.32 Å². The van der Waals surface area contributed by atoms with Gasteiger partial charge in [-0.1, -0.05) is 6.07 Å². The Morgan fingerprint density at radius 1 is 1.04 bits per heavy atom. The van der Waals surface area contributed by atoms with Crippen LogP contribution in [0.25, 0.3) is 5.69 Å². The maximum absolute atomic E-state index is 14.2. The molecule has 0 fully saturated rings. The number of halogens is 4. The van der Waals surface area contributed by atoms with Crippen LogP contribution in [0.15, 0.2) is 42.7 Å². The highest BCUT2D eigenvalue weighted by atomic mass is 19.1. The topological polar surface area (TPSA) is 46.9 Å². The molecule has 4 nitrogen and oxygen atoms in total. The minimum absolute atomic E-state index is 0.0541. The molecule has 0 saturated carbocycles. The first-order valence-corrected chi connectivity index (χ1v) is 7.72. The fourth-order valence-electron chi connectivity index (χ4n) is 3.14. The zero-order chi connectivity index (χ0) is 18.4. The lowest BCUT2D eigenvalue weighted by Crippen LogP contribution is -2.26. The molecule has 3 aromatic rings. The van der Waals surface area contributed by atoms with Crippen LogP contribution in [0.2, 0.25) is 0 Å². The lowest BCUT2D eigenvalue weighted by Gasteiger charge is -2.24. The van der Waals surface area contributed by atoms with Gasteiger partial charge in [0.2, 0.25) is 5.91 Å². The number of benzene rings is 2. The number of rotatable bonds is 2. The number of nitrogens with one attached hydrogen (secondary N) is 1. The van der Waals surface area contributed by atoms with Gasteiger partial charge < -0.3 is 5.32 Å². The Balaban J connectivity index is 1.90. The van der Waals surface area contributed by atoms with Crippen molar-refractivity contribution in [2.45, 2.75) is 12.3 Å². The van der Waals surface area contributed by atoms with Crippen LogP contribution in [0.5, 0.6) is 0 Å². The molecule has 1 aromatic heterocycles. The third-order valence-corrected chi connectivity index (χ3v) is 4.29. The number of anilines is 1. The van der Waals surface area contributed by atoms with Crippen LogP contribution in [0.3, 0.4) is 0 Å². The lowest BCUT2D eigenvalue weighted by atomic mass is 9.89. The molecule has 1 aliphatic heterocycles. The molecule has 0 bridgehead atoms. The van der Waals surface area contributed by atoms with Crippen LogP contribution in [-0.4, -0.2) is 15.5 Å². The number of hydrogen-bond donors (Lipinski definition) is 1. The molecule has 0 spiro atoms. The number of hydrogen-bond acceptors (Lipinski definition) is 2. The van der Waals surface area contributed by atoms with E-state index in [4.69, 9.17) is 0 Å². The predicted molar refractivity (Wildman–Crippen MR) is 84.9 cm³/mol. The molecule has 0 radical (unpaired) electrons. The van der Waals surface area contributed by atoms with Crippen LogP contribution >= 0.6 is 0 Å². The van der Waals surface area contributed by atoms with Crippen molar-refractivity contribution in [3.63, 3.8) is 0 Å². The minimum Gasteiger partial charge on any atom is -0.310 e. The summed E-state index contributed by atoms with van der Waals surface area (Å²) in [6, 6.07) is 6.24. The smallest absolute Gasteiger partial charge is 0.226 e. The first-order chi connectivity index (χ1) is 12.5. The molecule has 0 saturated heterocycles. The maximum Gasteiger partial charge on any atom is 0.226 e. The van der Waals surface area contributed by atoms with E-state index in [-0.39, 0.29) is 29.2 Å². The monoisotopic (exact) mass is 361 g/mol. The number of carbonyl (C=O) groups is 1. The highest BCUT2D eigenvalue weighted by Gasteiger charge is 2.34. The third-order valence-electron chi connectivity index (χ3n) is 4.29. The van der Waals surface area contributed by atoms with Gasteiger partial charge >= 0.3 is 0 Å². The summed E-state index contributed by atoms with van der Waals surface area (Å²) in [6.07, 6.45) is 0.966. The maximum atomic E-state index is 14.2. The van der Waals surface area contributed by atoms with Crippen molar-refractivity contribution in [1.82, 2.24) is 9.55 Å². The third kappa shape index (κ3) is 2.54. The standard InChI is InChI=1S/C18H11F4N3O/c19-9-4-5-11(20)14(6-9)25-8-23-17-10(7-15(26)24-18(17)25)16-12(21)2-1-3-13(16)22/h1-6,8,10H,7H2,(H,24,26)/t10-/m0/s1. The Bertz CT molecular complexity index is 1010. The molecule has 26 heavy (non-hydrogen) atoms. The van der Waals surface area contributed by atoms with Gasteiger partial charge in [0.1, 0.15) is 35.4 Å². The van der Waals surface area contributed by atoms with Crippen molar-refractivity contribution in [3.05, 3.63) is 77.3 Å². The fourth-order valence-corrected chi connectivity index (χ4v) is 3.14. The Morgan fingerprint density at radius 3 is 2.50 bits per heavy atom. The summed E-state index contributed by atoms with van der Waals surface area (Å²) in [7, 11) is 0. The van der Waals surface area contributed by atoms with E-state index >= 15 is 0 Å². The Morgan fingerprint density at radius 2 is 1.77 bits per heavy atom. The van der Waals surface area contributed by atoms with E-state index in [1.807, 2.05) is 0 Å². The van der Waals surface area contributed by atoms with Crippen molar-refractivity contribution in [2.75, 3.05) is 5.32 Å². The van der Waals surface area contributed by atoms with Crippen LogP contribution in [0.1, 0.15) is 23.6 Å². The van der Waals surface area contributed by atoms with Crippen molar-refractivity contribution in [3.8, 4) is 5.69 Å². The van der Waals surface area contributed by atoms with Crippen LogP contribution in [-0.2, 0) is 4.79 Å². The Kier molecular flexibility index (Phi) is 3.75. The zero-order valence-corrected chi connectivity index (χ0v) is 13.1. The number of carbonyl (C=O) groups excluding carboxylic acids is 1. The summed E-state index contributed by atoms with van der Waals surface area (Å²) < 4.78 is 57.1. The SMILES string of the molecule is O=C1C[C@@H](c2c(F)cccc2F)c2ncn(-c3cc(F)ccc3F)c2N1. The summed E-state index contributed by atoms with van der Waals surface area (Å²) in [5.74, 6) is -4.45. The van der Waals surface area contributed by atoms with Gasteiger partial charge in [-0.2, -0.15) is 0 Å². The predicted octanol–water partition coefficient (Wildman–Crippen LogP) is 3.90. The van der Waals surface area contributed by atoms with Gasteiger partial charge in [-0.25, -0.2) is 22.5 Å². The summed E-state index contributed by atoms with van der Waals surface area (Å²) in [5, 5.41) is 2.52. The molecule has 1 aliphatic rings. The first kappa shape index (κ1) is 16.3. The van der Waals surface area contributed by atoms with Gasteiger partial charge in [0, 0.05) is 24.0 Å². The molecule has 2 heterocycles. The fraction of sp³-hybridized carbons (Fsp3) is 0.111. The Hall–Kier alpha value is -3.16. The molecule has 1 amide bonds. The van der Waals surface area contributed by atoms with Gasteiger partial charge in [-0.15, -0.1) is 0 Å². The molecule has 132 valence electrons. The summed E-state index contributed by atoms with van der Waals surface area (Å²) >= 11 is 0. The van der Waals surface area contributed by atoms with Crippen LogP contribution in [0.4, 0.5) is 23.4 Å². The quantitative estimate of drug-likeness (QED) is 0.704. The van der Waals surface area contributed by atoms with Gasteiger partial charge in [0.05, 0.1) is 11.4 Å². The van der Waals surface area contributed by atoms with E-state index in [9.17, 15) is 22.4 Å². The zero-order valence-electron chi connectivity index (χ0n) is 13.1. The largest absolute Gasteiger partial charge is 0.310 e. The van der Waals surface area contributed by atoms with E-state index in [2.05, 4.69) is 10.3 Å². The Labute approximate surface area is 145 Å². The second-order valence-corrected chi connectivity index (χ2v) is 5.88. The average molecular weight is 361 g/mol. The molecule has 2 aromatic carbocycles. The highest BCUT2D eigenvalue weighted by molar-refractivity contribution is 5.94. The van der Waals surface area contributed by atoms with Gasteiger partial charge in [0.15, 0.2) is 0 Å². The summed E-state index contributed by atoms with van der Waals surface area (Å²) in [5.41, 5.74) is -0.278. The second-order valence-electron chi connectivity index (χ2n) is 5.88. The van der Waals surface area contributed by atoms with E-state index in [1.54, 1.807) is 0 Å². The molecule has 0 aliphatic carbocycles. The van der Waals surface area contributed by atoms with E-state index in [0.717, 1.165) is 34.9 Å². The molecule has 4 rings (SSSR count). The molecule has 1 N–H and O–H groups in total.